The molecule has 104 valence electrons. The first-order valence-electron chi connectivity index (χ1n) is 6.93. The predicted octanol–water partition coefficient (Wildman–Crippen LogP) is 2.82. The van der Waals surface area contributed by atoms with Gasteiger partial charge in [0.15, 0.2) is 0 Å². The van der Waals surface area contributed by atoms with Crippen LogP contribution in [0.15, 0.2) is 18.2 Å². The van der Waals surface area contributed by atoms with E-state index in [9.17, 15) is 4.79 Å². The number of benzene rings is 1. The SMILES string of the molecule is CCOC(=O)c1cccc(N)c1N(C)C1CCCC1. The van der Waals surface area contributed by atoms with Gasteiger partial charge in [0, 0.05) is 13.1 Å². The Morgan fingerprint density at radius 1 is 1.42 bits per heavy atom. The van der Waals surface area contributed by atoms with E-state index in [2.05, 4.69) is 4.90 Å². The van der Waals surface area contributed by atoms with Crippen LogP contribution in [0.1, 0.15) is 43.0 Å². The van der Waals surface area contributed by atoms with Crippen LogP contribution in [0, 0.1) is 0 Å². The second kappa shape index (κ2) is 5.95. The second-order valence-electron chi connectivity index (χ2n) is 5.01. The summed E-state index contributed by atoms with van der Waals surface area (Å²) in [6.45, 7) is 2.19. The molecule has 2 rings (SSSR count). The van der Waals surface area contributed by atoms with E-state index in [0.717, 1.165) is 18.5 Å². The number of anilines is 2. The molecule has 0 amide bonds. The Balaban J connectivity index is 2.34. The largest absolute Gasteiger partial charge is 0.462 e. The van der Waals surface area contributed by atoms with E-state index in [4.69, 9.17) is 10.5 Å². The molecule has 4 heteroatoms. The number of nitrogens with zero attached hydrogens (tertiary/aromatic N) is 1. The van der Waals surface area contributed by atoms with E-state index >= 15 is 0 Å². The standard InChI is InChI=1S/C15H22N2O2/c1-3-19-15(18)12-9-6-10-13(16)14(12)17(2)11-7-4-5-8-11/h6,9-11H,3-5,7-8,16H2,1-2H3. The van der Waals surface area contributed by atoms with Crippen LogP contribution in [0.3, 0.4) is 0 Å². The minimum absolute atomic E-state index is 0.297. The molecule has 0 spiro atoms. The van der Waals surface area contributed by atoms with E-state index in [0.29, 0.717) is 23.9 Å². The topological polar surface area (TPSA) is 55.6 Å². The lowest BCUT2D eigenvalue weighted by atomic mass is 10.1. The molecule has 0 atom stereocenters. The Bertz CT molecular complexity index is 453. The number of ether oxygens (including phenoxy) is 1. The molecule has 0 aromatic heterocycles. The summed E-state index contributed by atoms with van der Waals surface area (Å²) < 4.78 is 5.12. The number of carbonyl (C=O) groups is 1. The number of nitrogen functional groups attached to an aromatic ring is 1. The van der Waals surface area contributed by atoms with Crippen LogP contribution in [0.25, 0.3) is 0 Å². The third kappa shape index (κ3) is 2.83. The van der Waals surface area contributed by atoms with Crippen molar-refractivity contribution in [2.45, 2.75) is 38.6 Å². The maximum atomic E-state index is 12.0. The maximum absolute atomic E-state index is 12.0. The third-order valence-corrected chi connectivity index (χ3v) is 3.79. The van der Waals surface area contributed by atoms with Gasteiger partial charge in [-0.05, 0) is 31.9 Å². The summed E-state index contributed by atoms with van der Waals surface area (Å²) in [5.41, 5.74) is 8.09. The molecular weight excluding hydrogens is 240 g/mol. The zero-order chi connectivity index (χ0) is 13.8. The Morgan fingerprint density at radius 3 is 2.74 bits per heavy atom. The van der Waals surface area contributed by atoms with Crippen LogP contribution in [-0.4, -0.2) is 25.7 Å². The molecule has 4 nitrogen and oxygen atoms in total. The molecule has 2 N–H and O–H groups in total. The average molecular weight is 262 g/mol. The van der Waals surface area contributed by atoms with Crippen molar-refractivity contribution < 1.29 is 9.53 Å². The summed E-state index contributed by atoms with van der Waals surface area (Å²) >= 11 is 0. The number of hydrogen-bond acceptors (Lipinski definition) is 4. The van der Waals surface area contributed by atoms with Gasteiger partial charge in [0.2, 0.25) is 0 Å². The molecule has 0 bridgehead atoms. The lowest BCUT2D eigenvalue weighted by Gasteiger charge is -2.29. The first-order chi connectivity index (χ1) is 9.15. The van der Waals surface area contributed by atoms with Gasteiger partial charge in [-0.3, -0.25) is 0 Å². The van der Waals surface area contributed by atoms with Crippen molar-refractivity contribution in [2.75, 3.05) is 24.3 Å². The van der Waals surface area contributed by atoms with E-state index in [1.54, 1.807) is 12.1 Å². The van der Waals surface area contributed by atoms with Crippen molar-refractivity contribution in [3.8, 4) is 0 Å². The number of rotatable bonds is 4. The molecule has 0 saturated heterocycles. The van der Waals surface area contributed by atoms with Crippen LogP contribution in [0.5, 0.6) is 0 Å². The molecule has 1 aromatic carbocycles. The third-order valence-electron chi connectivity index (χ3n) is 3.79. The maximum Gasteiger partial charge on any atom is 0.340 e. The van der Waals surface area contributed by atoms with Gasteiger partial charge in [-0.25, -0.2) is 4.79 Å². The Morgan fingerprint density at radius 2 is 2.11 bits per heavy atom. The van der Waals surface area contributed by atoms with Gasteiger partial charge in [0.05, 0.1) is 23.5 Å². The molecule has 0 aliphatic heterocycles. The monoisotopic (exact) mass is 262 g/mol. The number of nitrogens with two attached hydrogens (primary N) is 1. The molecule has 19 heavy (non-hydrogen) atoms. The van der Waals surface area contributed by atoms with Crippen LogP contribution < -0.4 is 10.6 Å². The minimum atomic E-state index is -0.297. The lowest BCUT2D eigenvalue weighted by Crippen LogP contribution is -2.31. The van der Waals surface area contributed by atoms with E-state index in [-0.39, 0.29) is 5.97 Å². The summed E-state index contributed by atoms with van der Waals surface area (Å²) in [5, 5.41) is 0. The van der Waals surface area contributed by atoms with Gasteiger partial charge < -0.3 is 15.4 Å². The fourth-order valence-electron chi connectivity index (χ4n) is 2.80. The van der Waals surface area contributed by atoms with E-state index in [1.165, 1.54) is 12.8 Å². The van der Waals surface area contributed by atoms with Gasteiger partial charge in [-0.2, -0.15) is 0 Å². The van der Waals surface area contributed by atoms with Crippen LogP contribution >= 0.6 is 0 Å². The summed E-state index contributed by atoms with van der Waals surface area (Å²) in [4.78, 5) is 14.2. The van der Waals surface area contributed by atoms with Crippen molar-refractivity contribution in [3.63, 3.8) is 0 Å². The highest BCUT2D eigenvalue weighted by atomic mass is 16.5. The molecule has 0 unspecified atom stereocenters. The Hall–Kier alpha value is -1.71. The van der Waals surface area contributed by atoms with Gasteiger partial charge in [-0.1, -0.05) is 18.9 Å². The zero-order valence-electron chi connectivity index (χ0n) is 11.7. The summed E-state index contributed by atoms with van der Waals surface area (Å²) in [6, 6.07) is 5.89. The van der Waals surface area contributed by atoms with Crippen LogP contribution in [0.4, 0.5) is 11.4 Å². The van der Waals surface area contributed by atoms with Gasteiger partial charge in [0.25, 0.3) is 0 Å². The summed E-state index contributed by atoms with van der Waals surface area (Å²) in [7, 11) is 2.02. The van der Waals surface area contributed by atoms with E-state index in [1.807, 2.05) is 20.0 Å². The fourth-order valence-corrected chi connectivity index (χ4v) is 2.80. The molecule has 1 aromatic rings. The fraction of sp³-hybridized carbons (Fsp3) is 0.533. The highest BCUT2D eigenvalue weighted by molar-refractivity contribution is 5.99. The van der Waals surface area contributed by atoms with Gasteiger partial charge in [-0.15, -0.1) is 0 Å². The quantitative estimate of drug-likeness (QED) is 0.669. The predicted molar refractivity (Wildman–Crippen MR) is 77.5 cm³/mol. The molecular formula is C15H22N2O2. The van der Waals surface area contributed by atoms with E-state index < -0.39 is 0 Å². The average Bonchev–Trinajstić information content (AvgIpc) is 2.92. The Kier molecular flexibility index (Phi) is 4.30. The normalized spacial score (nSPS) is 15.5. The number of hydrogen-bond donors (Lipinski definition) is 1. The van der Waals surface area contributed by atoms with Crippen LogP contribution in [0.2, 0.25) is 0 Å². The van der Waals surface area contributed by atoms with Crippen molar-refractivity contribution in [2.24, 2.45) is 0 Å². The lowest BCUT2D eigenvalue weighted by molar-refractivity contribution is 0.0527. The second-order valence-corrected chi connectivity index (χ2v) is 5.01. The zero-order valence-corrected chi connectivity index (χ0v) is 11.7. The summed E-state index contributed by atoms with van der Waals surface area (Å²) in [6.07, 6.45) is 4.81. The first-order valence-corrected chi connectivity index (χ1v) is 6.93. The molecule has 0 heterocycles. The van der Waals surface area contributed by atoms with Crippen molar-refractivity contribution in [3.05, 3.63) is 23.8 Å². The van der Waals surface area contributed by atoms with Crippen molar-refractivity contribution in [1.29, 1.82) is 0 Å². The number of carbonyl (C=O) groups excluding carboxylic acids is 1. The molecule has 1 fully saturated rings. The number of para-hydroxylation sites is 1. The smallest absolute Gasteiger partial charge is 0.340 e. The Labute approximate surface area is 114 Å². The highest BCUT2D eigenvalue weighted by Crippen LogP contribution is 2.33. The minimum Gasteiger partial charge on any atom is -0.462 e. The number of esters is 1. The highest BCUT2D eigenvalue weighted by Gasteiger charge is 2.25. The first kappa shape index (κ1) is 13.7. The molecule has 1 saturated carbocycles. The summed E-state index contributed by atoms with van der Waals surface area (Å²) in [5.74, 6) is -0.297. The van der Waals surface area contributed by atoms with Crippen LogP contribution in [-0.2, 0) is 4.74 Å². The molecule has 1 aliphatic carbocycles. The van der Waals surface area contributed by atoms with Crippen molar-refractivity contribution >= 4 is 17.3 Å². The molecule has 0 radical (unpaired) electrons. The molecule has 1 aliphatic rings. The van der Waals surface area contributed by atoms with Gasteiger partial charge in [0.1, 0.15) is 0 Å². The van der Waals surface area contributed by atoms with Gasteiger partial charge >= 0.3 is 5.97 Å². The van der Waals surface area contributed by atoms with Crippen molar-refractivity contribution in [1.82, 2.24) is 0 Å².